The van der Waals surface area contributed by atoms with Crippen molar-refractivity contribution in [2.24, 2.45) is 0 Å². The molecule has 2 atom stereocenters. The molecule has 0 saturated heterocycles. The third-order valence-corrected chi connectivity index (χ3v) is 4.22. The molecule has 1 N–H and O–H groups in total. The van der Waals surface area contributed by atoms with Gasteiger partial charge in [0.2, 0.25) is 11.8 Å². The Morgan fingerprint density at radius 3 is 2.40 bits per heavy atom. The van der Waals surface area contributed by atoms with Crippen LogP contribution >= 0.6 is 0 Å². The minimum absolute atomic E-state index is 0.0772. The summed E-state index contributed by atoms with van der Waals surface area (Å²) in [7, 11) is 1.68. The highest BCUT2D eigenvalue weighted by molar-refractivity contribution is 5.52. The first-order chi connectivity index (χ1) is 12.1. The van der Waals surface area contributed by atoms with Crippen molar-refractivity contribution in [3.8, 4) is 17.2 Å². The highest BCUT2D eigenvalue weighted by Crippen LogP contribution is 2.27. The maximum atomic E-state index is 5.85. The van der Waals surface area contributed by atoms with E-state index in [0.29, 0.717) is 11.8 Å². The largest absolute Gasteiger partial charge is 0.496 e. The maximum absolute atomic E-state index is 5.85. The molecule has 25 heavy (non-hydrogen) atoms. The molecule has 3 aromatic rings. The SMILES string of the molecule is COc1ccccc1[C@@H](C)N[C@@H](C)c1nnc(-c2ccc(C)cc2)o1. The van der Waals surface area contributed by atoms with Gasteiger partial charge < -0.3 is 9.15 Å². The lowest BCUT2D eigenvalue weighted by molar-refractivity contribution is 0.375. The average Bonchev–Trinajstić information content (AvgIpc) is 3.12. The molecule has 0 saturated carbocycles. The molecule has 0 amide bonds. The minimum Gasteiger partial charge on any atom is -0.496 e. The summed E-state index contributed by atoms with van der Waals surface area (Å²) in [5.74, 6) is 1.96. The van der Waals surface area contributed by atoms with Crippen molar-refractivity contribution in [2.75, 3.05) is 7.11 Å². The molecular formula is C20H23N3O2. The van der Waals surface area contributed by atoms with Crippen LogP contribution in [-0.2, 0) is 0 Å². The second kappa shape index (κ2) is 7.49. The number of nitrogens with one attached hydrogen (secondary N) is 1. The van der Waals surface area contributed by atoms with Crippen LogP contribution in [0.3, 0.4) is 0 Å². The lowest BCUT2D eigenvalue weighted by atomic mass is 10.1. The standard InChI is InChI=1S/C20H23N3O2/c1-13-9-11-16(12-10-13)20-23-22-19(25-20)15(3)21-14(2)17-7-5-6-8-18(17)24-4/h5-12,14-15,21H,1-4H3/t14-,15+/m1/s1. The number of para-hydroxylation sites is 1. The Balaban J connectivity index is 1.73. The van der Waals surface area contributed by atoms with Gasteiger partial charge in [-0.1, -0.05) is 35.9 Å². The molecule has 0 radical (unpaired) electrons. The lowest BCUT2D eigenvalue weighted by Gasteiger charge is -2.20. The van der Waals surface area contributed by atoms with Crippen molar-refractivity contribution in [3.63, 3.8) is 0 Å². The van der Waals surface area contributed by atoms with E-state index in [9.17, 15) is 0 Å². The monoisotopic (exact) mass is 337 g/mol. The Hall–Kier alpha value is -2.66. The Bertz CT molecular complexity index is 827. The number of hydrogen-bond acceptors (Lipinski definition) is 5. The quantitative estimate of drug-likeness (QED) is 0.719. The molecule has 0 aliphatic heterocycles. The molecule has 0 bridgehead atoms. The summed E-state index contributed by atoms with van der Waals surface area (Å²) in [6.45, 7) is 6.15. The van der Waals surface area contributed by atoms with Crippen LogP contribution in [0, 0.1) is 6.92 Å². The molecule has 0 fully saturated rings. The fourth-order valence-electron chi connectivity index (χ4n) is 2.78. The first-order valence-electron chi connectivity index (χ1n) is 8.38. The van der Waals surface area contributed by atoms with Crippen molar-refractivity contribution in [1.29, 1.82) is 0 Å². The predicted octanol–water partition coefficient (Wildman–Crippen LogP) is 4.47. The number of methoxy groups -OCH3 is 1. The van der Waals surface area contributed by atoms with Crippen molar-refractivity contribution in [2.45, 2.75) is 32.9 Å². The fraction of sp³-hybridized carbons (Fsp3) is 0.300. The summed E-state index contributed by atoms with van der Waals surface area (Å²) in [6, 6.07) is 16.0. The van der Waals surface area contributed by atoms with Crippen LogP contribution < -0.4 is 10.1 Å². The zero-order valence-corrected chi connectivity index (χ0v) is 15.0. The predicted molar refractivity (Wildman–Crippen MR) is 97.4 cm³/mol. The van der Waals surface area contributed by atoms with Crippen LogP contribution in [-0.4, -0.2) is 17.3 Å². The third-order valence-electron chi connectivity index (χ3n) is 4.22. The highest BCUT2D eigenvalue weighted by atomic mass is 16.5. The Morgan fingerprint density at radius 1 is 0.960 bits per heavy atom. The van der Waals surface area contributed by atoms with Gasteiger partial charge in [-0.2, -0.15) is 0 Å². The second-order valence-corrected chi connectivity index (χ2v) is 6.16. The van der Waals surface area contributed by atoms with Gasteiger partial charge in [-0.25, -0.2) is 0 Å². The van der Waals surface area contributed by atoms with E-state index in [1.807, 2.05) is 56.3 Å². The summed E-state index contributed by atoms with van der Waals surface area (Å²) in [4.78, 5) is 0. The van der Waals surface area contributed by atoms with E-state index in [1.54, 1.807) is 7.11 Å². The van der Waals surface area contributed by atoms with Crippen molar-refractivity contribution >= 4 is 0 Å². The number of benzene rings is 2. The van der Waals surface area contributed by atoms with E-state index < -0.39 is 0 Å². The molecule has 2 aromatic carbocycles. The van der Waals surface area contributed by atoms with E-state index in [2.05, 4.69) is 28.5 Å². The summed E-state index contributed by atoms with van der Waals surface area (Å²) >= 11 is 0. The number of nitrogens with zero attached hydrogens (tertiary/aromatic N) is 2. The maximum Gasteiger partial charge on any atom is 0.247 e. The molecule has 0 unspecified atom stereocenters. The fourth-order valence-corrected chi connectivity index (χ4v) is 2.78. The van der Waals surface area contributed by atoms with E-state index in [-0.39, 0.29) is 12.1 Å². The average molecular weight is 337 g/mol. The van der Waals surface area contributed by atoms with E-state index in [4.69, 9.17) is 9.15 Å². The molecule has 0 aliphatic carbocycles. The Morgan fingerprint density at radius 2 is 1.68 bits per heavy atom. The summed E-state index contributed by atoms with van der Waals surface area (Å²) in [6.07, 6.45) is 0. The topological polar surface area (TPSA) is 60.2 Å². The van der Waals surface area contributed by atoms with E-state index in [1.165, 1.54) is 5.56 Å². The van der Waals surface area contributed by atoms with E-state index in [0.717, 1.165) is 16.9 Å². The zero-order chi connectivity index (χ0) is 17.8. The van der Waals surface area contributed by atoms with Crippen LogP contribution in [0.1, 0.15) is 42.9 Å². The summed E-state index contributed by atoms with van der Waals surface area (Å²) in [5, 5.41) is 11.8. The molecule has 130 valence electrons. The number of hydrogen-bond donors (Lipinski definition) is 1. The highest BCUT2D eigenvalue weighted by Gasteiger charge is 2.19. The molecule has 3 rings (SSSR count). The summed E-state index contributed by atoms with van der Waals surface area (Å²) in [5.41, 5.74) is 3.22. The van der Waals surface area contributed by atoms with Gasteiger partial charge in [0, 0.05) is 17.2 Å². The van der Waals surface area contributed by atoms with Gasteiger partial charge in [-0.15, -0.1) is 10.2 Å². The molecule has 5 nitrogen and oxygen atoms in total. The Kier molecular flexibility index (Phi) is 5.14. The number of aryl methyl sites for hydroxylation is 1. The normalized spacial score (nSPS) is 13.4. The molecule has 5 heteroatoms. The van der Waals surface area contributed by atoms with Crippen LogP contribution in [0.4, 0.5) is 0 Å². The zero-order valence-electron chi connectivity index (χ0n) is 15.0. The van der Waals surface area contributed by atoms with Gasteiger partial charge in [-0.3, -0.25) is 5.32 Å². The van der Waals surface area contributed by atoms with E-state index >= 15 is 0 Å². The van der Waals surface area contributed by atoms with Crippen molar-refractivity contribution < 1.29 is 9.15 Å². The van der Waals surface area contributed by atoms with Crippen LogP contribution in [0.5, 0.6) is 5.75 Å². The van der Waals surface area contributed by atoms with Crippen LogP contribution in [0.25, 0.3) is 11.5 Å². The van der Waals surface area contributed by atoms with Gasteiger partial charge in [0.05, 0.1) is 13.2 Å². The van der Waals surface area contributed by atoms with Gasteiger partial charge in [-0.05, 0) is 39.0 Å². The minimum atomic E-state index is -0.0772. The Labute approximate surface area is 148 Å². The van der Waals surface area contributed by atoms with Gasteiger partial charge >= 0.3 is 0 Å². The van der Waals surface area contributed by atoms with Crippen LogP contribution in [0.2, 0.25) is 0 Å². The van der Waals surface area contributed by atoms with Crippen molar-refractivity contribution in [3.05, 3.63) is 65.5 Å². The van der Waals surface area contributed by atoms with Crippen LogP contribution in [0.15, 0.2) is 52.9 Å². The molecular weight excluding hydrogens is 314 g/mol. The third kappa shape index (κ3) is 3.88. The number of ether oxygens (including phenoxy) is 1. The number of aromatic nitrogens is 2. The smallest absolute Gasteiger partial charge is 0.247 e. The first kappa shape index (κ1) is 17.2. The van der Waals surface area contributed by atoms with Gasteiger partial charge in [0.15, 0.2) is 0 Å². The molecule has 0 aliphatic rings. The lowest BCUT2D eigenvalue weighted by Crippen LogP contribution is -2.23. The van der Waals surface area contributed by atoms with Crippen molar-refractivity contribution in [1.82, 2.24) is 15.5 Å². The molecule has 0 spiro atoms. The second-order valence-electron chi connectivity index (χ2n) is 6.16. The molecule has 1 heterocycles. The van der Waals surface area contributed by atoms with Gasteiger partial charge in [0.25, 0.3) is 0 Å². The first-order valence-corrected chi connectivity index (χ1v) is 8.38. The molecule has 1 aromatic heterocycles. The summed E-state index contributed by atoms with van der Waals surface area (Å²) < 4.78 is 11.3. The van der Waals surface area contributed by atoms with Gasteiger partial charge in [0.1, 0.15) is 5.75 Å². The number of rotatable bonds is 6.